The van der Waals surface area contributed by atoms with Gasteiger partial charge < -0.3 is 10.1 Å². The maximum atomic E-state index is 12.7. The molecule has 0 aliphatic heterocycles. The smallest absolute Gasteiger partial charge is 0.417 e. The molecule has 0 amide bonds. The van der Waals surface area contributed by atoms with Crippen LogP contribution < -0.4 is 5.32 Å². The van der Waals surface area contributed by atoms with Crippen molar-refractivity contribution in [2.75, 3.05) is 12.4 Å². The number of aromatic nitrogens is 1. The number of nitrogens with zero attached hydrogens (tertiary/aromatic N) is 1. The van der Waals surface area contributed by atoms with Crippen LogP contribution in [-0.2, 0) is 10.9 Å². The molecule has 4 nitrogen and oxygen atoms in total. The Morgan fingerprint density at radius 3 is 2.76 bits per heavy atom. The Hall–Kier alpha value is -1.80. The molecule has 1 aromatic carbocycles. The predicted molar refractivity (Wildman–Crippen MR) is 73.2 cm³/mol. The van der Waals surface area contributed by atoms with Gasteiger partial charge in [-0.1, -0.05) is 11.6 Å². The second kappa shape index (κ2) is 5.90. The van der Waals surface area contributed by atoms with Gasteiger partial charge in [-0.25, -0.2) is 9.78 Å². The van der Waals surface area contributed by atoms with Gasteiger partial charge in [-0.15, -0.1) is 11.3 Å². The van der Waals surface area contributed by atoms with E-state index in [2.05, 4.69) is 15.0 Å². The summed E-state index contributed by atoms with van der Waals surface area (Å²) >= 11 is 6.59. The number of hydrogen-bond acceptors (Lipinski definition) is 5. The summed E-state index contributed by atoms with van der Waals surface area (Å²) in [5.74, 6) is -0.619. The lowest BCUT2D eigenvalue weighted by Crippen LogP contribution is -2.06. The van der Waals surface area contributed by atoms with Crippen LogP contribution in [0.5, 0.6) is 0 Å². The van der Waals surface area contributed by atoms with E-state index in [0.29, 0.717) is 0 Å². The number of halogens is 4. The summed E-state index contributed by atoms with van der Waals surface area (Å²) in [5.41, 5.74) is -0.702. The lowest BCUT2D eigenvalue weighted by molar-refractivity contribution is -0.137. The molecule has 21 heavy (non-hydrogen) atoms. The number of thiazole rings is 1. The van der Waals surface area contributed by atoms with Crippen molar-refractivity contribution in [2.45, 2.75) is 6.18 Å². The van der Waals surface area contributed by atoms with Gasteiger partial charge in [-0.2, -0.15) is 13.2 Å². The molecule has 2 rings (SSSR count). The number of carbonyl (C=O) groups is 1. The second-order valence-corrected chi connectivity index (χ2v) is 5.11. The number of alkyl halides is 3. The maximum Gasteiger partial charge on any atom is 0.417 e. The number of benzene rings is 1. The Bertz CT molecular complexity index is 673. The van der Waals surface area contributed by atoms with Crippen molar-refractivity contribution in [3.8, 4) is 0 Å². The molecule has 1 N–H and O–H groups in total. The van der Waals surface area contributed by atoms with Crippen molar-refractivity contribution in [1.29, 1.82) is 0 Å². The minimum atomic E-state index is -4.55. The van der Waals surface area contributed by atoms with E-state index in [1.165, 1.54) is 18.6 Å². The SMILES string of the molecule is COC(=O)c1csc(Nc2ccc(Cl)c(C(F)(F)F)c2)n1. The normalized spacial score (nSPS) is 11.3. The number of anilines is 2. The highest BCUT2D eigenvalue weighted by molar-refractivity contribution is 7.14. The lowest BCUT2D eigenvalue weighted by atomic mass is 10.2. The largest absolute Gasteiger partial charge is 0.464 e. The molecule has 0 saturated heterocycles. The zero-order valence-corrected chi connectivity index (χ0v) is 12.1. The second-order valence-electron chi connectivity index (χ2n) is 3.85. The van der Waals surface area contributed by atoms with Crippen molar-refractivity contribution in [3.63, 3.8) is 0 Å². The Balaban J connectivity index is 2.24. The standard InChI is InChI=1S/C12H8ClF3N2O2S/c1-20-10(19)9-5-21-11(18-9)17-6-2-3-8(13)7(4-6)12(14,15)16/h2-5H,1H3,(H,17,18). The Labute approximate surface area is 126 Å². The minimum Gasteiger partial charge on any atom is -0.464 e. The van der Waals surface area contributed by atoms with Gasteiger partial charge in [-0.3, -0.25) is 0 Å². The third-order valence-electron chi connectivity index (χ3n) is 2.42. The number of ether oxygens (including phenoxy) is 1. The highest BCUT2D eigenvalue weighted by Gasteiger charge is 2.33. The maximum absolute atomic E-state index is 12.7. The molecular formula is C12H8ClF3N2O2S. The Morgan fingerprint density at radius 1 is 1.43 bits per heavy atom. The van der Waals surface area contributed by atoms with Gasteiger partial charge in [0.2, 0.25) is 0 Å². The van der Waals surface area contributed by atoms with Gasteiger partial charge in [0.15, 0.2) is 10.8 Å². The molecule has 0 atom stereocenters. The molecule has 0 bridgehead atoms. The first-order valence-electron chi connectivity index (χ1n) is 5.49. The van der Waals surface area contributed by atoms with Crippen molar-refractivity contribution in [1.82, 2.24) is 4.98 Å². The quantitative estimate of drug-likeness (QED) is 0.847. The number of methoxy groups -OCH3 is 1. The van der Waals surface area contributed by atoms with Gasteiger partial charge in [0.05, 0.1) is 17.7 Å². The molecule has 0 unspecified atom stereocenters. The van der Waals surface area contributed by atoms with Crippen LogP contribution in [0.2, 0.25) is 5.02 Å². The molecule has 0 radical (unpaired) electrons. The third-order valence-corrected chi connectivity index (χ3v) is 3.51. The molecule has 0 fully saturated rings. The van der Waals surface area contributed by atoms with Crippen LogP contribution in [0, 0.1) is 0 Å². The number of rotatable bonds is 3. The Morgan fingerprint density at radius 2 is 2.14 bits per heavy atom. The molecule has 0 aliphatic rings. The first-order chi connectivity index (χ1) is 9.81. The molecular weight excluding hydrogens is 329 g/mol. The van der Waals surface area contributed by atoms with E-state index in [1.807, 2.05) is 0 Å². The summed E-state index contributed by atoms with van der Waals surface area (Å²) in [6.07, 6.45) is -4.55. The number of hydrogen-bond donors (Lipinski definition) is 1. The summed E-state index contributed by atoms with van der Waals surface area (Å²) in [6, 6.07) is 3.40. The van der Waals surface area contributed by atoms with Crippen LogP contribution in [0.15, 0.2) is 23.6 Å². The zero-order valence-electron chi connectivity index (χ0n) is 10.5. The van der Waals surface area contributed by atoms with E-state index < -0.39 is 17.7 Å². The number of esters is 1. The van der Waals surface area contributed by atoms with Crippen molar-refractivity contribution in [2.24, 2.45) is 0 Å². The average Bonchev–Trinajstić information content (AvgIpc) is 2.87. The number of carbonyl (C=O) groups excluding carboxylic acids is 1. The summed E-state index contributed by atoms with van der Waals surface area (Å²) in [7, 11) is 1.21. The van der Waals surface area contributed by atoms with E-state index >= 15 is 0 Å². The molecule has 0 aliphatic carbocycles. The summed E-state index contributed by atoms with van der Waals surface area (Å²) in [5, 5.41) is 4.01. The van der Waals surface area contributed by atoms with Crippen LogP contribution in [-0.4, -0.2) is 18.1 Å². The van der Waals surface area contributed by atoms with Crippen LogP contribution in [0.3, 0.4) is 0 Å². The zero-order chi connectivity index (χ0) is 15.6. The van der Waals surface area contributed by atoms with Crippen LogP contribution >= 0.6 is 22.9 Å². The van der Waals surface area contributed by atoms with E-state index in [9.17, 15) is 18.0 Å². The molecule has 0 saturated carbocycles. The fourth-order valence-corrected chi connectivity index (χ4v) is 2.40. The fourth-order valence-electron chi connectivity index (χ4n) is 1.47. The summed E-state index contributed by atoms with van der Waals surface area (Å²) in [4.78, 5) is 15.1. The Kier molecular flexibility index (Phi) is 4.38. The summed E-state index contributed by atoms with van der Waals surface area (Å²) < 4.78 is 42.7. The number of nitrogens with one attached hydrogen (secondary N) is 1. The molecule has 112 valence electrons. The van der Waals surface area contributed by atoms with Crippen LogP contribution in [0.25, 0.3) is 0 Å². The third kappa shape index (κ3) is 3.64. The minimum absolute atomic E-state index is 0.0787. The van der Waals surface area contributed by atoms with Gasteiger partial charge in [0.25, 0.3) is 0 Å². The van der Waals surface area contributed by atoms with E-state index in [-0.39, 0.29) is 21.5 Å². The highest BCUT2D eigenvalue weighted by atomic mass is 35.5. The predicted octanol–water partition coefficient (Wildman–Crippen LogP) is 4.35. The van der Waals surface area contributed by atoms with Crippen molar-refractivity contribution in [3.05, 3.63) is 39.9 Å². The average molecular weight is 337 g/mol. The monoisotopic (exact) mass is 336 g/mol. The molecule has 1 aromatic heterocycles. The first-order valence-corrected chi connectivity index (χ1v) is 6.74. The van der Waals surface area contributed by atoms with Gasteiger partial charge in [0, 0.05) is 11.1 Å². The molecule has 1 heterocycles. The van der Waals surface area contributed by atoms with E-state index in [4.69, 9.17) is 11.6 Å². The first kappa shape index (κ1) is 15.6. The topological polar surface area (TPSA) is 51.2 Å². The lowest BCUT2D eigenvalue weighted by Gasteiger charge is -2.11. The van der Waals surface area contributed by atoms with Crippen molar-refractivity contribution >= 4 is 39.7 Å². The van der Waals surface area contributed by atoms with E-state index in [1.54, 1.807) is 0 Å². The fraction of sp³-hybridized carbons (Fsp3) is 0.167. The highest BCUT2D eigenvalue weighted by Crippen LogP contribution is 2.36. The van der Waals surface area contributed by atoms with E-state index in [0.717, 1.165) is 23.5 Å². The summed E-state index contributed by atoms with van der Waals surface area (Å²) in [6.45, 7) is 0. The van der Waals surface area contributed by atoms with Gasteiger partial charge in [0.1, 0.15) is 0 Å². The molecule has 2 aromatic rings. The molecule has 9 heteroatoms. The molecule has 0 spiro atoms. The van der Waals surface area contributed by atoms with Crippen LogP contribution in [0.4, 0.5) is 24.0 Å². The van der Waals surface area contributed by atoms with Gasteiger partial charge in [-0.05, 0) is 18.2 Å². The van der Waals surface area contributed by atoms with Gasteiger partial charge >= 0.3 is 12.1 Å². The van der Waals surface area contributed by atoms with Crippen LogP contribution in [0.1, 0.15) is 16.1 Å². The van der Waals surface area contributed by atoms with Crippen molar-refractivity contribution < 1.29 is 22.7 Å².